The Kier molecular flexibility index (Phi) is 3.95. The second kappa shape index (κ2) is 6.04. The van der Waals surface area contributed by atoms with E-state index in [-0.39, 0.29) is 18.0 Å². The minimum absolute atomic E-state index is 0.0188. The zero-order chi connectivity index (χ0) is 14.7. The number of nitrogens with zero attached hydrogens (tertiary/aromatic N) is 4. The summed E-state index contributed by atoms with van der Waals surface area (Å²) in [4.78, 5) is 20.4. The first-order chi connectivity index (χ1) is 10.3. The van der Waals surface area contributed by atoms with Crippen LogP contribution in [0.4, 0.5) is 0 Å². The summed E-state index contributed by atoms with van der Waals surface area (Å²) in [5.74, 6) is 0.813. The third-order valence-electron chi connectivity index (χ3n) is 4.18. The fraction of sp³-hybridized carbons (Fsp3) is 0.643. The normalized spacial score (nSPS) is 28.0. The molecule has 2 saturated heterocycles. The Morgan fingerprint density at radius 1 is 1.43 bits per heavy atom. The molecular weight excluding hydrogens is 268 g/mol. The highest BCUT2D eigenvalue weighted by Gasteiger charge is 2.29. The van der Waals surface area contributed by atoms with Gasteiger partial charge in [-0.25, -0.2) is 4.99 Å². The molecule has 112 valence electrons. The van der Waals surface area contributed by atoms with Gasteiger partial charge >= 0.3 is 0 Å². The van der Waals surface area contributed by atoms with Gasteiger partial charge in [0.05, 0.1) is 5.92 Å². The Hall–Kier alpha value is -2.23. The van der Waals surface area contributed by atoms with Crippen molar-refractivity contribution < 1.29 is 4.79 Å². The number of nitriles is 1. The van der Waals surface area contributed by atoms with E-state index in [1.165, 1.54) is 12.8 Å². The van der Waals surface area contributed by atoms with Crippen molar-refractivity contribution in [3.63, 3.8) is 0 Å². The van der Waals surface area contributed by atoms with Crippen LogP contribution in [0.3, 0.4) is 0 Å². The summed E-state index contributed by atoms with van der Waals surface area (Å²) >= 11 is 0. The lowest BCUT2D eigenvalue weighted by Crippen LogP contribution is -2.48. The molecule has 2 atom stereocenters. The summed E-state index contributed by atoms with van der Waals surface area (Å²) in [5, 5.41) is 14.9. The maximum Gasteiger partial charge on any atom is 0.226 e. The molecule has 0 radical (unpaired) electrons. The quantitative estimate of drug-likeness (QED) is 0.703. The SMILES string of the molecule is N#CN1CC[C@H](C(=O)NC2C=NC(N3CCCC3)=CN2)C1. The molecule has 0 aliphatic carbocycles. The van der Waals surface area contributed by atoms with Crippen LogP contribution in [0.5, 0.6) is 0 Å². The van der Waals surface area contributed by atoms with E-state index in [1.807, 2.05) is 6.20 Å². The first-order valence-corrected chi connectivity index (χ1v) is 7.46. The van der Waals surface area contributed by atoms with Crippen LogP contribution in [0.2, 0.25) is 0 Å². The molecule has 0 spiro atoms. The standard InChI is InChI=1S/C14H20N6O/c15-10-19-6-3-11(9-19)14(21)18-12-7-17-13(8-16-12)20-4-1-2-5-20/h7-8,11-12,16H,1-6,9H2,(H,18,21)/t11-,12?/m0/s1. The Morgan fingerprint density at radius 3 is 2.86 bits per heavy atom. The predicted octanol–water partition coefficient (Wildman–Crippen LogP) is -0.200. The van der Waals surface area contributed by atoms with E-state index < -0.39 is 0 Å². The molecule has 2 fully saturated rings. The van der Waals surface area contributed by atoms with Crippen molar-refractivity contribution in [1.29, 1.82) is 5.26 Å². The van der Waals surface area contributed by atoms with Crippen LogP contribution < -0.4 is 10.6 Å². The second-order valence-corrected chi connectivity index (χ2v) is 5.66. The highest BCUT2D eigenvalue weighted by Crippen LogP contribution is 2.17. The van der Waals surface area contributed by atoms with Crippen LogP contribution >= 0.6 is 0 Å². The van der Waals surface area contributed by atoms with Gasteiger partial charge in [-0.15, -0.1) is 0 Å². The minimum atomic E-state index is -0.264. The second-order valence-electron chi connectivity index (χ2n) is 5.66. The van der Waals surface area contributed by atoms with Gasteiger partial charge in [-0.2, -0.15) is 5.26 Å². The summed E-state index contributed by atoms with van der Waals surface area (Å²) in [7, 11) is 0. The van der Waals surface area contributed by atoms with Crippen molar-refractivity contribution in [2.75, 3.05) is 26.2 Å². The van der Waals surface area contributed by atoms with Gasteiger partial charge in [0.15, 0.2) is 6.19 Å². The molecular formula is C14H20N6O. The average molecular weight is 288 g/mol. The van der Waals surface area contributed by atoms with E-state index in [0.29, 0.717) is 13.1 Å². The highest BCUT2D eigenvalue weighted by atomic mass is 16.2. The van der Waals surface area contributed by atoms with Gasteiger partial charge < -0.3 is 20.4 Å². The number of amides is 1. The van der Waals surface area contributed by atoms with Crippen LogP contribution in [-0.2, 0) is 4.79 Å². The van der Waals surface area contributed by atoms with E-state index >= 15 is 0 Å². The van der Waals surface area contributed by atoms with Gasteiger partial charge in [0.1, 0.15) is 12.0 Å². The Morgan fingerprint density at radius 2 is 2.24 bits per heavy atom. The molecule has 0 saturated carbocycles. The van der Waals surface area contributed by atoms with Gasteiger partial charge in [0.2, 0.25) is 5.91 Å². The molecule has 1 unspecified atom stereocenters. The van der Waals surface area contributed by atoms with Gasteiger partial charge in [0, 0.05) is 38.6 Å². The zero-order valence-corrected chi connectivity index (χ0v) is 12.0. The molecule has 0 aromatic rings. The van der Waals surface area contributed by atoms with E-state index in [2.05, 4.69) is 26.7 Å². The molecule has 3 rings (SSSR count). The molecule has 1 amide bonds. The van der Waals surface area contributed by atoms with Crippen LogP contribution in [0.25, 0.3) is 0 Å². The van der Waals surface area contributed by atoms with E-state index in [4.69, 9.17) is 5.26 Å². The number of aliphatic imine (C=N–C) groups is 1. The fourth-order valence-corrected chi connectivity index (χ4v) is 2.93. The minimum Gasteiger partial charge on any atom is -0.364 e. The third kappa shape index (κ3) is 3.10. The molecule has 0 aromatic heterocycles. The fourth-order valence-electron chi connectivity index (χ4n) is 2.93. The van der Waals surface area contributed by atoms with Crippen molar-refractivity contribution in [2.45, 2.75) is 25.4 Å². The molecule has 7 heteroatoms. The largest absolute Gasteiger partial charge is 0.364 e. The van der Waals surface area contributed by atoms with Crippen molar-refractivity contribution in [1.82, 2.24) is 20.4 Å². The number of carbonyl (C=O) groups is 1. The van der Waals surface area contributed by atoms with Crippen molar-refractivity contribution >= 4 is 12.1 Å². The van der Waals surface area contributed by atoms with Crippen LogP contribution in [0, 0.1) is 17.4 Å². The number of likely N-dealkylation sites (tertiary alicyclic amines) is 2. The molecule has 3 aliphatic heterocycles. The summed E-state index contributed by atoms with van der Waals surface area (Å²) in [6.45, 7) is 3.28. The van der Waals surface area contributed by atoms with Crippen molar-refractivity contribution in [3.05, 3.63) is 12.0 Å². The van der Waals surface area contributed by atoms with E-state index in [1.54, 1.807) is 11.1 Å². The molecule has 21 heavy (non-hydrogen) atoms. The Balaban J connectivity index is 1.48. The lowest BCUT2D eigenvalue weighted by atomic mass is 10.1. The summed E-state index contributed by atoms with van der Waals surface area (Å²) in [5.41, 5.74) is 0. The van der Waals surface area contributed by atoms with Crippen molar-refractivity contribution in [2.24, 2.45) is 10.9 Å². The molecule has 3 heterocycles. The van der Waals surface area contributed by atoms with Crippen molar-refractivity contribution in [3.8, 4) is 6.19 Å². The van der Waals surface area contributed by atoms with E-state index in [9.17, 15) is 4.79 Å². The number of carbonyl (C=O) groups excluding carboxylic acids is 1. The molecule has 7 nitrogen and oxygen atoms in total. The smallest absolute Gasteiger partial charge is 0.226 e. The maximum absolute atomic E-state index is 12.1. The van der Waals surface area contributed by atoms with Crippen LogP contribution in [-0.4, -0.2) is 54.3 Å². The number of nitrogens with one attached hydrogen (secondary N) is 2. The first-order valence-electron chi connectivity index (χ1n) is 7.46. The molecule has 0 bridgehead atoms. The number of hydrogen-bond donors (Lipinski definition) is 2. The lowest BCUT2D eigenvalue weighted by Gasteiger charge is -2.25. The summed E-state index contributed by atoms with van der Waals surface area (Å²) < 4.78 is 0. The van der Waals surface area contributed by atoms with E-state index in [0.717, 1.165) is 25.3 Å². The maximum atomic E-state index is 12.1. The van der Waals surface area contributed by atoms with Gasteiger partial charge in [-0.3, -0.25) is 4.79 Å². The Labute approximate surface area is 124 Å². The van der Waals surface area contributed by atoms with Crippen LogP contribution in [0.15, 0.2) is 17.0 Å². The highest BCUT2D eigenvalue weighted by molar-refractivity contribution is 5.83. The van der Waals surface area contributed by atoms with Gasteiger partial charge in [-0.1, -0.05) is 0 Å². The lowest BCUT2D eigenvalue weighted by molar-refractivity contribution is -0.124. The average Bonchev–Trinajstić information content (AvgIpc) is 3.19. The predicted molar refractivity (Wildman–Crippen MR) is 77.7 cm³/mol. The topological polar surface area (TPSA) is 83.8 Å². The van der Waals surface area contributed by atoms with Gasteiger partial charge in [-0.05, 0) is 19.3 Å². The monoisotopic (exact) mass is 288 g/mol. The number of hydrogen-bond acceptors (Lipinski definition) is 6. The molecule has 3 aliphatic rings. The summed E-state index contributed by atoms with van der Waals surface area (Å²) in [6, 6.07) is 0. The van der Waals surface area contributed by atoms with Crippen LogP contribution in [0.1, 0.15) is 19.3 Å². The Bertz CT molecular complexity index is 502. The molecule has 2 N–H and O–H groups in total. The first kappa shape index (κ1) is 13.7. The third-order valence-corrected chi connectivity index (χ3v) is 4.18. The summed E-state index contributed by atoms with van der Waals surface area (Å²) in [6.07, 6.45) is 8.59. The molecule has 0 aromatic carbocycles. The van der Waals surface area contributed by atoms with Gasteiger partial charge in [0.25, 0.3) is 0 Å². The zero-order valence-electron chi connectivity index (χ0n) is 12.0. The number of rotatable bonds is 3.